The lowest BCUT2D eigenvalue weighted by molar-refractivity contribution is -0.149. The number of hydrogen-bond acceptors (Lipinski definition) is 5. The number of hydrogen-bond donors (Lipinski definition) is 2. The molecule has 0 bridgehead atoms. The van der Waals surface area contributed by atoms with E-state index in [0.717, 1.165) is 25.7 Å². The summed E-state index contributed by atoms with van der Waals surface area (Å²) in [6, 6.07) is 0.230. The Kier molecular flexibility index (Phi) is 9.91. The van der Waals surface area contributed by atoms with Crippen LogP contribution < -0.4 is 10.6 Å². The van der Waals surface area contributed by atoms with Crippen molar-refractivity contribution in [3.05, 3.63) is 0 Å². The summed E-state index contributed by atoms with van der Waals surface area (Å²) in [5.41, 5.74) is 0. The van der Waals surface area contributed by atoms with Crippen LogP contribution in [-0.4, -0.2) is 76.3 Å². The second-order valence-corrected chi connectivity index (χ2v) is 6.32. The van der Waals surface area contributed by atoms with E-state index in [-0.39, 0.29) is 30.4 Å². The summed E-state index contributed by atoms with van der Waals surface area (Å²) in [7, 11) is 5.05. The summed E-state index contributed by atoms with van der Waals surface area (Å²) in [5, 5.41) is 6.53. The number of ether oxygens (including phenoxy) is 2. The predicted molar refractivity (Wildman–Crippen MR) is 96.4 cm³/mol. The van der Waals surface area contributed by atoms with Crippen LogP contribution in [0.4, 0.5) is 0 Å². The number of likely N-dealkylation sites (N-methyl/N-ethyl adjacent to an activating group) is 1. The van der Waals surface area contributed by atoms with E-state index < -0.39 is 0 Å². The third kappa shape index (κ3) is 8.20. The number of guanidine groups is 1. The number of carbonyl (C=O) groups excluding carboxylic acids is 2. The maximum absolute atomic E-state index is 11.8. The van der Waals surface area contributed by atoms with Gasteiger partial charge in [-0.1, -0.05) is 0 Å². The first-order chi connectivity index (χ1) is 12.0. The van der Waals surface area contributed by atoms with Gasteiger partial charge in [0.15, 0.2) is 5.96 Å². The zero-order valence-electron chi connectivity index (χ0n) is 15.8. The van der Waals surface area contributed by atoms with Crippen LogP contribution in [0.2, 0.25) is 0 Å². The second-order valence-electron chi connectivity index (χ2n) is 6.32. The number of nitrogens with one attached hydrogen (secondary N) is 2. The van der Waals surface area contributed by atoms with Gasteiger partial charge in [-0.15, -0.1) is 0 Å². The number of nitrogens with zero attached hydrogens (tertiary/aromatic N) is 2. The molecule has 1 fully saturated rings. The van der Waals surface area contributed by atoms with Crippen LogP contribution in [0.3, 0.4) is 0 Å². The molecule has 8 heteroatoms. The monoisotopic (exact) mass is 356 g/mol. The van der Waals surface area contributed by atoms with Crippen molar-refractivity contribution in [2.75, 3.05) is 47.5 Å². The summed E-state index contributed by atoms with van der Waals surface area (Å²) in [6.07, 6.45) is 3.35. The van der Waals surface area contributed by atoms with Crippen molar-refractivity contribution >= 4 is 17.8 Å². The van der Waals surface area contributed by atoms with E-state index in [2.05, 4.69) is 15.6 Å². The smallest absolute Gasteiger partial charge is 0.308 e. The maximum atomic E-state index is 11.8. The van der Waals surface area contributed by atoms with Gasteiger partial charge in [0.25, 0.3) is 0 Å². The van der Waals surface area contributed by atoms with Crippen LogP contribution in [0.5, 0.6) is 0 Å². The number of esters is 1. The number of carbonyl (C=O) groups is 2. The van der Waals surface area contributed by atoms with Crippen LogP contribution in [-0.2, 0) is 19.1 Å². The van der Waals surface area contributed by atoms with E-state index in [1.165, 1.54) is 4.90 Å². The average molecular weight is 356 g/mol. The minimum atomic E-state index is -0.0929. The molecule has 0 heterocycles. The highest BCUT2D eigenvalue weighted by atomic mass is 16.5. The van der Waals surface area contributed by atoms with Crippen molar-refractivity contribution in [3.8, 4) is 0 Å². The Labute approximate surface area is 150 Å². The first-order valence-corrected chi connectivity index (χ1v) is 8.88. The Hall–Kier alpha value is -1.83. The molecule has 1 amide bonds. The lowest BCUT2D eigenvalue weighted by Crippen LogP contribution is -2.46. The normalized spacial score (nSPS) is 20.7. The standard InChI is InChI=1S/C17H32N4O4/c1-5-25-16(23)13-6-8-14(9-7-13)20-17(18-10-11-24-4)19-12-15(22)21(2)3/h13-14H,5-12H2,1-4H3,(H2,18,19,20). The third-order valence-corrected chi connectivity index (χ3v) is 4.16. The van der Waals surface area contributed by atoms with Crippen molar-refractivity contribution in [1.82, 2.24) is 15.5 Å². The first-order valence-electron chi connectivity index (χ1n) is 8.88. The van der Waals surface area contributed by atoms with Gasteiger partial charge in [-0.25, -0.2) is 4.99 Å². The molecule has 0 unspecified atom stereocenters. The van der Waals surface area contributed by atoms with Crippen LogP contribution in [0.15, 0.2) is 4.99 Å². The summed E-state index contributed by atoms with van der Waals surface area (Å²) >= 11 is 0. The summed E-state index contributed by atoms with van der Waals surface area (Å²) in [6.45, 7) is 3.51. The van der Waals surface area contributed by atoms with Gasteiger partial charge in [0, 0.05) is 33.8 Å². The zero-order valence-corrected chi connectivity index (χ0v) is 15.8. The molecule has 25 heavy (non-hydrogen) atoms. The molecule has 0 atom stereocenters. The van der Waals surface area contributed by atoms with Crippen molar-refractivity contribution in [2.24, 2.45) is 10.9 Å². The SMILES string of the molecule is CCOC(=O)C1CCC(NC(=NCC(=O)N(C)C)NCCOC)CC1. The molecule has 8 nitrogen and oxygen atoms in total. The maximum Gasteiger partial charge on any atom is 0.308 e. The highest BCUT2D eigenvalue weighted by molar-refractivity contribution is 5.85. The van der Waals surface area contributed by atoms with Gasteiger partial charge >= 0.3 is 5.97 Å². The Morgan fingerprint density at radius 1 is 1.20 bits per heavy atom. The molecule has 0 saturated heterocycles. The van der Waals surface area contributed by atoms with E-state index in [9.17, 15) is 9.59 Å². The molecule has 1 aliphatic carbocycles. The van der Waals surface area contributed by atoms with Crippen LogP contribution in [0.1, 0.15) is 32.6 Å². The van der Waals surface area contributed by atoms with Gasteiger partial charge in [-0.05, 0) is 32.6 Å². The largest absolute Gasteiger partial charge is 0.466 e. The highest BCUT2D eigenvalue weighted by Crippen LogP contribution is 2.25. The summed E-state index contributed by atoms with van der Waals surface area (Å²) < 4.78 is 10.1. The zero-order chi connectivity index (χ0) is 18.7. The van der Waals surface area contributed by atoms with Gasteiger partial charge in [0.1, 0.15) is 6.54 Å². The predicted octanol–water partition coefficient (Wildman–Crippen LogP) is 0.378. The van der Waals surface area contributed by atoms with Gasteiger partial charge in [-0.2, -0.15) is 0 Å². The van der Waals surface area contributed by atoms with E-state index in [4.69, 9.17) is 9.47 Å². The van der Waals surface area contributed by atoms with Crippen LogP contribution in [0.25, 0.3) is 0 Å². The highest BCUT2D eigenvalue weighted by Gasteiger charge is 2.27. The van der Waals surface area contributed by atoms with Crippen molar-refractivity contribution in [1.29, 1.82) is 0 Å². The average Bonchev–Trinajstić information content (AvgIpc) is 2.60. The fraction of sp³-hybridized carbons (Fsp3) is 0.824. The van der Waals surface area contributed by atoms with Crippen LogP contribution in [0, 0.1) is 5.92 Å². The van der Waals surface area contributed by atoms with E-state index in [1.54, 1.807) is 21.2 Å². The molecular formula is C17H32N4O4. The summed E-state index contributed by atoms with van der Waals surface area (Å²) in [4.78, 5) is 29.4. The van der Waals surface area contributed by atoms with E-state index >= 15 is 0 Å². The Morgan fingerprint density at radius 3 is 2.44 bits per heavy atom. The Morgan fingerprint density at radius 2 is 1.88 bits per heavy atom. The van der Waals surface area contributed by atoms with Gasteiger partial charge in [0.2, 0.25) is 5.91 Å². The third-order valence-electron chi connectivity index (χ3n) is 4.16. The molecule has 1 saturated carbocycles. The Balaban J connectivity index is 2.52. The molecule has 1 aliphatic rings. The molecule has 144 valence electrons. The molecule has 0 radical (unpaired) electrons. The Bertz CT molecular complexity index is 446. The lowest BCUT2D eigenvalue weighted by atomic mass is 9.86. The minimum absolute atomic E-state index is 0.00448. The van der Waals surface area contributed by atoms with E-state index in [0.29, 0.717) is 25.7 Å². The molecular weight excluding hydrogens is 324 g/mol. The first kappa shape index (κ1) is 21.2. The summed E-state index contributed by atoms with van der Waals surface area (Å²) in [5.74, 6) is 0.450. The number of rotatable bonds is 8. The topological polar surface area (TPSA) is 92.3 Å². The van der Waals surface area contributed by atoms with Crippen molar-refractivity contribution in [2.45, 2.75) is 38.6 Å². The molecule has 1 rings (SSSR count). The number of methoxy groups -OCH3 is 1. The van der Waals surface area contributed by atoms with Crippen LogP contribution >= 0.6 is 0 Å². The quantitative estimate of drug-likeness (QED) is 0.283. The van der Waals surface area contributed by atoms with Gasteiger partial charge in [0.05, 0.1) is 19.1 Å². The lowest BCUT2D eigenvalue weighted by Gasteiger charge is -2.29. The van der Waals surface area contributed by atoms with Crippen molar-refractivity contribution < 1.29 is 19.1 Å². The molecule has 0 aromatic rings. The molecule has 0 aromatic heterocycles. The number of aliphatic imine (C=N–C) groups is 1. The fourth-order valence-corrected chi connectivity index (χ4v) is 2.64. The number of amides is 1. The minimum Gasteiger partial charge on any atom is -0.466 e. The van der Waals surface area contributed by atoms with Gasteiger partial charge < -0.3 is 25.0 Å². The molecule has 0 spiro atoms. The fourth-order valence-electron chi connectivity index (χ4n) is 2.64. The van der Waals surface area contributed by atoms with Gasteiger partial charge in [-0.3, -0.25) is 9.59 Å². The molecule has 0 aromatic carbocycles. The van der Waals surface area contributed by atoms with E-state index in [1.807, 2.05) is 6.92 Å². The van der Waals surface area contributed by atoms with Crippen molar-refractivity contribution in [3.63, 3.8) is 0 Å². The molecule has 0 aliphatic heterocycles. The molecule has 2 N–H and O–H groups in total. The second kappa shape index (κ2) is 11.7.